The zero-order valence-electron chi connectivity index (χ0n) is 15.6. The molecule has 0 spiro atoms. The predicted octanol–water partition coefficient (Wildman–Crippen LogP) is 3.59. The molecule has 0 bridgehead atoms. The van der Waals surface area contributed by atoms with E-state index in [2.05, 4.69) is 56.0 Å². The molecule has 1 aliphatic carbocycles. The van der Waals surface area contributed by atoms with E-state index in [0.717, 1.165) is 32.5 Å². The molecule has 2 aromatic heterocycles. The van der Waals surface area contributed by atoms with Crippen molar-refractivity contribution in [3.05, 3.63) is 71.7 Å². The average molecular weight is 359 g/mol. The van der Waals surface area contributed by atoms with Crippen LogP contribution in [0.2, 0.25) is 0 Å². The molecule has 0 radical (unpaired) electrons. The lowest BCUT2D eigenvalue weighted by atomic mass is 9.96. The first-order valence-corrected chi connectivity index (χ1v) is 10.0. The van der Waals surface area contributed by atoms with E-state index >= 15 is 0 Å². The van der Waals surface area contributed by atoms with Gasteiger partial charge in [0.15, 0.2) is 0 Å². The smallest absolute Gasteiger partial charge is 0.135 e. The Balaban J connectivity index is 1.38. The van der Waals surface area contributed by atoms with Gasteiger partial charge in [-0.1, -0.05) is 30.3 Å². The molecule has 1 aliphatic heterocycles. The highest BCUT2D eigenvalue weighted by Crippen LogP contribution is 2.33. The molecule has 138 valence electrons. The second-order valence-corrected chi connectivity index (χ2v) is 7.66. The monoisotopic (exact) mass is 359 g/mol. The summed E-state index contributed by atoms with van der Waals surface area (Å²) in [6, 6.07) is 10.6. The van der Waals surface area contributed by atoms with E-state index < -0.39 is 0 Å². The molecule has 2 aliphatic rings. The summed E-state index contributed by atoms with van der Waals surface area (Å²) in [6.45, 7) is 2.96. The van der Waals surface area contributed by atoms with Gasteiger partial charge in [-0.2, -0.15) is 0 Å². The molecule has 5 rings (SSSR count). The van der Waals surface area contributed by atoms with Gasteiger partial charge in [-0.25, -0.2) is 15.0 Å². The molecular weight excluding hydrogens is 334 g/mol. The van der Waals surface area contributed by atoms with Crippen LogP contribution in [0, 0.1) is 0 Å². The molecule has 0 N–H and O–H groups in total. The van der Waals surface area contributed by atoms with Crippen molar-refractivity contribution in [2.24, 2.45) is 0 Å². The number of hydrogen-bond donors (Lipinski definition) is 0. The molecule has 1 aromatic carbocycles. The lowest BCUT2D eigenvalue weighted by molar-refractivity contribution is 0.473. The fraction of sp³-hybridized carbons (Fsp3) is 0.409. The van der Waals surface area contributed by atoms with Crippen LogP contribution in [0.4, 0.5) is 5.82 Å². The van der Waals surface area contributed by atoms with E-state index in [1.165, 1.54) is 47.7 Å². The SMILES string of the molecule is c1ccc(Cn2ccnc2[C@H]2CCCN(c3ncnc4c3CCC4)C2)cc1. The molecule has 0 unspecified atom stereocenters. The van der Waals surface area contributed by atoms with Crippen LogP contribution in [0.5, 0.6) is 0 Å². The molecule has 0 saturated carbocycles. The van der Waals surface area contributed by atoms with Crippen molar-refractivity contribution in [1.29, 1.82) is 0 Å². The average Bonchev–Trinajstić information content (AvgIpc) is 3.38. The quantitative estimate of drug-likeness (QED) is 0.714. The summed E-state index contributed by atoms with van der Waals surface area (Å²) in [5.74, 6) is 2.82. The maximum absolute atomic E-state index is 4.74. The van der Waals surface area contributed by atoms with Gasteiger partial charge in [0, 0.05) is 49.2 Å². The highest BCUT2D eigenvalue weighted by molar-refractivity contribution is 5.51. The van der Waals surface area contributed by atoms with Gasteiger partial charge in [0.1, 0.15) is 18.0 Å². The minimum atomic E-state index is 0.449. The van der Waals surface area contributed by atoms with Crippen LogP contribution >= 0.6 is 0 Å². The number of nitrogens with zero attached hydrogens (tertiary/aromatic N) is 5. The number of anilines is 1. The maximum Gasteiger partial charge on any atom is 0.135 e. The molecule has 3 heterocycles. The van der Waals surface area contributed by atoms with Crippen LogP contribution in [0.15, 0.2) is 49.1 Å². The Bertz CT molecular complexity index is 917. The van der Waals surface area contributed by atoms with E-state index in [1.54, 1.807) is 6.33 Å². The summed E-state index contributed by atoms with van der Waals surface area (Å²) in [7, 11) is 0. The molecule has 5 heteroatoms. The third-order valence-corrected chi connectivity index (χ3v) is 5.88. The first-order valence-electron chi connectivity index (χ1n) is 10.0. The number of imidazole rings is 1. The van der Waals surface area contributed by atoms with Crippen LogP contribution in [0.1, 0.15) is 47.8 Å². The lowest BCUT2D eigenvalue weighted by Crippen LogP contribution is -2.36. The molecule has 1 atom stereocenters. The lowest BCUT2D eigenvalue weighted by Gasteiger charge is -2.34. The number of benzene rings is 1. The third-order valence-electron chi connectivity index (χ3n) is 5.88. The molecule has 1 saturated heterocycles. The minimum absolute atomic E-state index is 0.449. The number of fused-ring (bicyclic) bond motifs is 1. The van der Waals surface area contributed by atoms with Crippen molar-refractivity contribution in [3.8, 4) is 0 Å². The fourth-order valence-corrected chi connectivity index (χ4v) is 4.59. The first-order chi connectivity index (χ1) is 13.4. The van der Waals surface area contributed by atoms with Gasteiger partial charge in [-0.05, 0) is 37.7 Å². The van der Waals surface area contributed by atoms with Crippen molar-refractivity contribution in [3.63, 3.8) is 0 Å². The summed E-state index contributed by atoms with van der Waals surface area (Å²) < 4.78 is 2.31. The Hall–Kier alpha value is -2.69. The van der Waals surface area contributed by atoms with Gasteiger partial charge in [0.25, 0.3) is 0 Å². The molecule has 3 aromatic rings. The Kier molecular flexibility index (Phi) is 4.36. The molecule has 1 fully saturated rings. The van der Waals surface area contributed by atoms with Crippen LogP contribution in [0.25, 0.3) is 0 Å². The highest BCUT2D eigenvalue weighted by atomic mass is 15.2. The Morgan fingerprint density at radius 2 is 1.93 bits per heavy atom. The van der Waals surface area contributed by atoms with Gasteiger partial charge < -0.3 is 9.47 Å². The summed E-state index contributed by atoms with van der Waals surface area (Å²) in [4.78, 5) is 16.4. The van der Waals surface area contributed by atoms with Gasteiger partial charge >= 0.3 is 0 Å². The second-order valence-electron chi connectivity index (χ2n) is 7.66. The van der Waals surface area contributed by atoms with E-state index in [9.17, 15) is 0 Å². The number of rotatable bonds is 4. The van der Waals surface area contributed by atoms with Gasteiger partial charge in [-0.15, -0.1) is 0 Å². The summed E-state index contributed by atoms with van der Waals surface area (Å²) in [5.41, 5.74) is 3.96. The summed E-state index contributed by atoms with van der Waals surface area (Å²) in [6.07, 6.45) is 11.6. The van der Waals surface area contributed by atoms with Crippen molar-refractivity contribution in [1.82, 2.24) is 19.5 Å². The number of aryl methyl sites for hydroxylation is 1. The number of piperidine rings is 1. The zero-order chi connectivity index (χ0) is 18.1. The largest absolute Gasteiger partial charge is 0.356 e. The van der Waals surface area contributed by atoms with Crippen molar-refractivity contribution in [2.75, 3.05) is 18.0 Å². The summed E-state index contributed by atoms with van der Waals surface area (Å²) in [5, 5.41) is 0. The van der Waals surface area contributed by atoms with Crippen molar-refractivity contribution >= 4 is 5.82 Å². The van der Waals surface area contributed by atoms with Crippen LogP contribution in [0.3, 0.4) is 0 Å². The van der Waals surface area contributed by atoms with Gasteiger partial charge in [0.2, 0.25) is 0 Å². The highest BCUT2D eigenvalue weighted by Gasteiger charge is 2.28. The summed E-state index contributed by atoms with van der Waals surface area (Å²) >= 11 is 0. The second kappa shape index (κ2) is 7.14. The topological polar surface area (TPSA) is 46.8 Å². The predicted molar refractivity (Wildman–Crippen MR) is 106 cm³/mol. The van der Waals surface area contributed by atoms with Crippen molar-refractivity contribution < 1.29 is 0 Å². The number of aromatic nitrogens is 4. The normalized spacial score (nSPS) is 19.3. The first kappa shape index (κ1) is 16.5. The van der Waals surface area contributed by atoms with Crippen molar-refractivity contribution in [2.45, 2.75) is 44.6 Å². The van der Waals surface area contributed by atoms with Crippen LogP contribution in [-0.4, -0.2) is 32.6 Å². The molecule has 27 heavy (non-hydrogen) atoms. The van der Waals surface area contributed by atoms with E-state index in [1.807, 2.05) is 6.20 Å². The fourth-order valence-electron chi connectivity index (χ4n) is 4.59. The standard InChI is InChI=1S/C22H25N5/c1-2-6-17(7-3-1)14-27-13-11-23-21(27)18-8-5-12-26(15-18)22-19-9-4-10-20(19)24-16-25-22/h1-3,6-7,11,13,16,18H,4-5,8-10,12,14-15H2/t18-/m0/s1. The van der Waals surface area contributed by atoms with Gasteiger partial charge in [0.05, 0.1) is 0 Å². The Labute approximate surface area is 160 Å². The molecule has 0 amide bonds. The molecule has 5 nitrogen and oxygen atoms in total. The van der Waals surface area contributed by atoms with Crippen LogP contribution < -0.4 is 4.90 Å². The zero-order valence-corrected chi connectivity index (χ0v) is 15.6. The minimum Gasteiger partial charge on any atom is -0.356 e. The maximum atomic E-state index is 4.74. The van der Waals surface area contributed by atoms with E-state index in [4.69, 9.17) is 4.98 Å². The van der Waals surface area contributed by atoms with E-state index in [-0.39, 0.29) is 0 Å². The Morgan fingerprint density at radius 1 is 1.00 bits per heavy atom. The number of hydrogen-bond acceptors (Lipinski definition) is 4. The van der Waals surface area contributed by atoms with Crippen LogP contribution in [-0.2, 0) is 19.4 Å². The molecular formula is C22H25N5. The van der Waals surface area contributed by atoms with Gasteiger partial charge in [-0.3, -0.25) is 0 Å². The third kappa shape index (κ3) is 3.22. The van der Waals surface area contributed by atoms with E-state index in [0.29, 0.717) is 5.92 Å². The Morgan fingerprint density at radius 3 is 2.85 bits per heavy atom.